The summed E-state index contributed by atoms with van der Waals surface area (Å²) in [5, 5.41) is 12.2. The van der Waals surface area contributed by atoms with Gasteiger partial charge in [0, 0.05) is 65.3 Å². The van der Waals surface area contributed by atoms with Gasteiger partial charge < -0.3 is 19.5 Å². The SMILES string of the molecule is CC1(C)CC(=O)C2=C(C1)N(CCC(=O)[O-])C1=C(C(=O)CC(C)(C)C1)C2c1ccc(OCc2ccc(Cl)cc2)c(Br)c1. The number of benzene rings is 2. The lowest BCUT2D eigenvalue weighted by atomic mass is 9.63. The van der Waals surface area contributed by atoms with Crippen molar-refractivity contribution in [3.63, 3.8) is 0 Å². The van der Waals surface area contributed by atoms with Crippen LogP contribution < -0.4 is 9.84 Å². The molecule has 0 saturated carbocycles. The van der Waals surface area contributed by atoms with Gasteiger partial charge in [0.2, 0.25) is 0 Å². The smallest absolute Gasteiger partial charge is 0.162 e. The van der Waals surface area contributed by atoms with E-state index in [0.717, 1.165) is 27.0 Å². The third kappa shape index (κ3) is 6.17. The maximum atomic E-state index is 13.9. The molecule has 1 aliphatic heterocycles. The molecule has 0 amide bonds. The van der Waals surface area contributed by atoms with Crippen molar-refractivity contribution < 1.29 is 24.2 Å². The van der Waals surface area contributed by atoms with E-state index < -0.39 is 11.9 Å². The Hall–Kier alpha value is -2.90. The van der Waals surface area contributed by atoms with E-state index in [4.69, 9.17) is 16.3 Å². The van der Waals surface area contributed by atoms with E-state index >= 15 is 0 Å². The average Bonchev–Trinajstić information content (AvgIpc) is 2.85. The normalized spacial score (nSPS) is 20.2. The minimum absolute atomic E-state index is 0.00284. The molecular formula is C33H34BrClNO5-. The number of hydrogen-bond donors (Lipinski definition) is 0. The van der Waals surface area contributed by atoms with E-state index in [0.29, 0.717) is 54.2 Å². The fourth-order valence-electron chi connectivity index (χ4n) is 6.41. The highest BCUT2D eigenvalue weighted by Crippen LogP contribution is 2.54. The fraction of sp³-hybridized carbons (Fsp3) is 0.424. The van der Waals surface area contributed by atoms with Crippen molar-refractivity contribution in [3.05, 3.63) is 85.6 Å². The van der Waals surface area contributed by atoms with E-state index in [9.17, 15) is 19.5 Å². The van der Waals surface area contributed by atoms with E-state index in [1.165, 1.54) is 0 Å². The molecule has 0 bridgehead atoms. The fourth-order valence-corrected chi connectivity index (χ4v) is 7.05. The number of carbonyl (C=O) groups is 3. The van der Waals surface area contributed by atoms with Gasteiger partial charge in [-0.05, 0) is 75.0 Å². The maximum Gasteiger partial charge on any atom is 0.162 e. The number of carbonyl (C=O) groups excluding carboxylic acids is 3. The second-order valence-electron chi connectivity index (χ2n) is 12.9. The molecule has 0 radical (unpaired) electrons. The highest BCUT2D eigenvalue weighted by Gasteiger charge is 2.48. The predicted molar refractivity (Wildman–Crippen MR) is 159 cm³/mol. The number of carboxylic acid groups (broad SMARTS) is 1. The van der Waals surface area contributed by atoms with Crippen molar-refractivity contribution in [3.8, 4) is 5.75 Å². The Morgan fingerprint density at radius 3 is 2.02 bits per heavy atom. The zero-order valence-electron chi connectivity index (χ0n) is 23.8. The summed E-state index contributed by atoms with van der Waals surface area (Å²) in [6, 6.07) is 13.2. The zero-order chi connectivity index (χ0) is 29.7. The maximum absolute atomic E-state index is 13.9. The lowest BCUT2D eigenvalue weighted by Gasteiger charge is -2.49. The Morgan fingerprint density at radius 1 is 0.951 bits per heavy atom. The Bertz CT molecular complexity index is 1430. The molecule has 0 unspecified atom stereocenters. The third-order valence-corrected chi connectivity index (χ3v) is 9.03. The van der Waals surface area contributed by atoms with Gasteiger partial charge in [-0.3, -0.25) is 9.59 Å². The number of nitrogens with zero attached hydrogens (tertiary/aromatic N) is 1. The number of Topliss-reactive ketones (excluding diaryl/α,β-unsaturated/α-hetero) is 2. The number of allylic oxidation sites excluding steroid dienone is 4. The van der Waals surface area contributed by atoms with E-state index in [1.54, 1.807) is 0 Å². The highest BCUT2D eigenvalue weighted by atomic mass is 79.9. The van der Waals surface area contributed by atoms with E-state index in [2.05, 4.69) is 43.6 Å². The average molecular weight is 640 g/mol. The summed E-state index contributed by atoms with van der Waals surface area (Å²) in [5.41, 5.74) is 4.12. The Balaban J connectivity index is 1.59. The molecule has 2 aromatic rings. The van der Waals surface area contributed by atoms with Gasteiger partial charge in [0.1, 0.15) is 12.4 Å². The summed E-state index contributed by atoms with van der Waals surface area (Å²) in [7, 11) is 0. The molecule has 0 atom stereocenters. The second-order valence-corrected chi connectivity index (χ2v) is 14.2. The van der Waals surface area contributed by atoms with Crippen molar-refractivity contribution in [2.75, 3.05) is 6.54 Å². The van der Waals surface area contributed by atoms with Crippen LogP contribution >= 0.6 is 27.5 Å². The number of rotatable bonds is 7. The van der Waals surface area contributed by atoms with Gasteiger partial charge in [-0.25, -0.2) is 0 Å². The Labute approximate surface area is 254 Å². The Kier molecular flexibility index (Phi) is 7.99. The van der Waals surface area contributed by atoms with Crippen molar-refractivity contribution in [1.82, 2.24) is 4.90 Å². The molecule has 0 spiro atoms. The van der Waals surface area contributed by atoms with Crippen LogP contribution in [0.5, 0.6) is 5.75 Å². The standard InChI is InChI=1S/C33H35BrClNO5/c1-32(2)14-23-30(25(37)16-32)29(31-24(36(23)12-11-28(39)40)15-33(3,4)17-26(31)38)20-7-10-27(22(34)13-20)41-18-19-5-8-21(35)9-6-19/h5-10,13,29H,11-12,14-18H2,1-4H3,(H,39,40)/p-1. The van der Waals surface area contributed by atoms with Crippen molar-refractivity contribution >= 4 is 45.1 Å². The highest BCUT2D eigenvalue weighted by molar-refractivity contribution is 9.10. The summed E-state index contributed by atoms with van der Waals surface area (Å²) in [5.74, 6) is -1.03. The summed E-state index contributed by atoms with van der Waals surface area (Å²) >= 11 is 9.66. The van der Waals surface area contributed by atoms with Gasteiger partial charge in [-0.15, -0.1) is 0 Å². The molecule has 8 heteroatoms. The molecule has 1 heterocycles. The quantitative estimate of drug-likeness (QED) is 0.344. The summed E-state index contributed by atoms with van der Waals surface area (Å²) in [6.45, 7) is 8.76. The Morgan fingerprint density at radius 2 is 1.51 bits per heavy atom. The molecule has 2 aliphatic carbocycles. The first-order valence-electron chi connectivity index (χ1n) is 13.9. The molecule has 216 valence electrons. The minimum Gasteiger partial charge on any atom is -0.550 e. The molecule has 6 nitrogen and oxygen atoms in total. The lowest BCUT2D eigenvalue weighted by Crippen LogP contribution is -2.45. The van der Waals surface area contributed by atoms with Crippen LogP contribution in [-0.2, 0) is 21.0 Å². The first kappa shape index (κ1) is 29.6. The lowest BCUT2D eigenvalue weighted by molar-refractivity contribution is -0.305. The summed E-state index contributed by atoms with van der Waals surface area (Å²) in [4.78, 5) is 41.2. The van der Waals surface area contributed by atoms with Gasteiger partial charge in [0.25, 0.3) is 0 Å². The van der Waals surface area contributed by atoms with Gasteiger partial charge in [-0.1, -0.05) is 57.5 Å². The van der Waals surface area contributed by atoms with Crippen LogP contribution in [0.3, 0.4) is 0 Å². The van der Waals surface area contributed by atoms with Gasteiger partial charge in [-0.2, -0.15) is 0 Å². The first-order chi connectivity index (χ1) is 19.2. The number of hydrogen-bond acceptors (Lipinski definition) is 6. The molecule has 3 aliphatic rings. The van der Waals surface area contributed by atoms with Crippen molar-refractivity contribution in [2.24, 2.45) is 10.8 Å². The third-order valence-electron chi connectivity index (χ3n) is 8.16. The molecule has 0 fully saturated rings. The molecule has 2 aromatic carbocycles. The minimum atomic E-state index is -1.16. The van der Waals surface area contributed by atoms with Crippen LogP contribution in [0.15, 0.2) is 69.5 Å². The van der Waals surface area contributed by atoms with Crippen LogP contribution in [0.4, 0.5) is 0 Å². The largest absolute Gasteiger partial charge is 0.550 e. The van der Waals surface area contributed by atoms with Gasteiger partial charge in [0.05, 0.1) is 4.47 Å². The van der Waals surface area contributed by atoms with Crippen molar-refractivity contribution in [2.45, 2.75) is 72.3 Å². The van der Waals surface area contributed by atoms with Crippen LogP contribution in [0.1, 0.15) is 76.8 Å². The van der Waals surface area contributed by atoms with Crippen LogP contribution in [0.2, 0.25) is 5.02 Å². The number of halogens is 2. The van der Waals surface area contributed by atoms with E-state index in [-0.39, 0.29) is 35.4 Å². The molecule has 5 rings (SSSR count). The monoisotopic (exact) mass is 638 g/mol. The zero-order valence-corrected chi connectivity index (χ0v) is 26.2. The number of carboxylic acids is 1. The first-order valence-corrected chi connectivity index (χ1v) is 15.1. The molecule has 0 aromatic heterocycles. The van der Waals surface area contributed by atoms with Crippen molar-refractivity contribution in [1.29, 1.82) is 0 Å². The van der Waals surface area contributed by atoms with Crippen LogP contribution in [-0.4, -0.2) is 29.0 Å². The van der Waals surface area contributed by atoms with Gasteiger partial charge >= 0.3 is 0 Å². The second kappa shape index (κ2) is 11.1. The van der Waals surface area contributed by atoms with Crippen LogP contribution in [0, 0.1) is 10.8 Å². The number of ether oxygens (including phenoxy) is 1. The molecular weight excluding hydrogens is 606 g/mol. The number of aliphatic carboxylic acids is 1. The number of ketones is 2. The molecule has 41 heavy (non-hydrogen) atoms. The summed E-state index contributed by atoms with van der Waals surface area (Å²) in [6.07, 6.45) is 1.77. The topological polar surface area (TPSA) is 86.7 Å². The molecule has 0 N–H and O–H groups in total. The van der Waals surface area contributed by atoms with E-state index in [1.807, 2.05) is 47.4 Å². The van der Waals surface area contributed by atoms with Crippen LogP contribution in [0.25, 0.3) is 0 Å². The van der Waals surface area contributed by atoms with Gasteiger partial charge in [0.15, 0.2) is 11.6 Å². The molecule has 0 saturated heterocycles. The predicted octanol–water partition coefficient (Wildman–Crippen LogP) is 6.51. The summed E-state index contributed by atoms with van der Waals surface area (Å²) < 4.78 is 6.79.